The normalized spacial score (nSPS) is 14.4. The van der Waals surface area contributed by atoms with Gasteiger partial charge in [-0.2, -0.15) is 0 Å². The Hall–Kier alpha value is -3.74. The molecule has 1 saturated heterocycles. The fourth-order valence-corrected chi connectivity index (χ4v) is 3.85. The average molecular weight is 433 g/mol. The molecule has 0 radical (unpaired) electrons. The Morgan fingerprint density at radius 2 is 1.69 bits per heavy atom. The minimum Gasteiger partial charge on any atom is -0.493 e. The summed E-state index contributed by atoms with van der Waals surface area (Å²) in [7, 11) is 1.61. The zero-order valence-corrected chi connectivity index (χ0v) is 18.7. The molecule has 4 rings (SSSR count). The monoisotopic (exact) mass is 432 g/mol. The number of hydrogen-bond acceptors (Lipinski definition) is 6. The topological polar surface area (TPSA) is 70.4 Å². The molecule has 1 aliphatic heterocycles. The number of oxime groups is 1. The lowest BCUT2D eigenvalue weighted by molar-refractivity contribution is 0.295. The third-order valence-electron chi connectivity index (χ3n) is 5.56. The number of para-hydroxylation sites is 1. The zero-order chi connectivity index (χ0) is 22.5. The molecular formula is C25H28N4O3. The predicted molar refractivity (Wildman–Crippen MR) is 125 cm³/mol. The molecule has 32 heavy (non-hydrogen) atoms. The standard InChI is InChI=1S/C25H28N4O3/c1-18-9-12-22(23(17-18)31-3)32-25-21(11-10-19(2)26-25)24(27-30)29-15-13-28(14-16-29)20-7-5-4-6-8-20/h4-12,17,30H,13-16H2,1-3H3/b27-24-. The number of hydrogen-bond donors (Lipinski definition) is 1. The van der Waals surface area contributed by atoms with E-state index in [0.717, 1.165) is 37.4 Å². The molecule has 1 fully saturated rings. The largest absolute Gasteiger partial charge is 0.493 e. The molecule has 2 heterocycles. The number of piperazine rings is 1. The van der Waals surface area contributed by atoms with Gasteiger partial charge in [-0.25, -0.2) is 4.98 Å². The summed E-state index contributed by atoms with van der Waals surface area (Å²) in [6.45, 7) is 6.98. The number of benzene rings is 2. The van der Waals surface area contributed by atoms with Gasteiger partial charge in [-0.1, -0.05) is 29.4 Å². The van der Waals surface area contributed by atoms with E-state index in [1.54, 1.807) is 7.11 Å². The van der Waals surface area contributed by atoms with Crippen molar-refractivity contribution in [3.05, 3.63) is 77.5 Å². The van der Waals surface area contributed by atoms with Crippen LogP contribution in [0.2, 0.25) is 0 Å². The van der Waals surface area contributed by atoms with Gasteiger partial charge < -0.3 is 24.5 Å². The molecule has 2 aromatic carbocycles. The van der Waals surface area contributed by atoms with Crippen molar-refractivity contribution in [3.8, 4) is 17.4 Å². The summed E-state index contributed by atoms with van der Waals surface area (Å²) in [6, 6.07) is 19.8. The molecule has 0 atom stereocenters. The van der Waals surface area contributed by atoms with Gasteiger partial charge in [0.05, 0.1) is 12.7 Å². The Labute approximate surface area is 188 Å². The number of aryl methyl sites for hydroxylation is 2. The molecule has 0 amide bonds. The number of nitrogens with zero attached hydrogens (tertiary/aromatic N) is 4. The summed E-state index contributed by atoms with van der Waals surface area (Å²) < 4.78 is 11.6. The van der Waals surface area contributed by atoms with Gasteiger partial charge in [0.15, 0.2) is 17.3 Å². The number of pyridine rings is 1. The van der Waals surface area contributed by atoms with E-state index in [9.17, 15) is 5.21 Å². The number of aromatic nitrogens is 1. The van der Waals surface area contributed by atoms with Crippen LogP contribution >= 0.6 is 0 Å². The molecule has 0 spiro atoms. The molecule has 0 saturated carbocycles. The van der Waals surface area contributed by atoms with Crippen LogP contribution in [0.15, 0.2) is 65.8 Å². The number of methoxy groups -OCH3 is 1. The predicted octanol–water partition coefficient (Wildman–Crippen LogP) is 4.46. The van der Waals surface area contributed by atoms with Crippen molar-refractivity contribution in [2.45, 2.75) is 13.8 Å². The molecule has 7 nitrogen and oxygen atoms in total. The maximum Gasteiger partial charge on any atom is 0.230 e. The first-order valence-electron chi connectivity index (χ1n) is 10.7. The van der Waals surface area contributed by atoms with Gasteiger partial charge in [0, 0.05) is 37.6 Å². The fraction of sp³-hybridized carbons (Fsp3) is 0.280. The number of rotatable bonds is 5. The van der Waals surface area contributed by atoms with E-state index in [1.807, 2.05) is 62.4 Å². The number of ether oxygens (including phenoxy) is 2. The van der Waals surface area contributed by atoms with Gasteiger partial charge >= 0.3 is 0 Å². The van der Waals surface area contributed by atoms with Crippen LogP contribution in [-0.2, 0) is 0 Å². The van der Waals surface area contributed by atoms with Crippen molar-refractivity contribution in [1.82, 2.24) is 9.88 Å². The van der Waals surface area contributed by atoms with Crippen molar-refractivity contribution in [2.24, 2.45) is 5.16 Å². The van der Waals surface area contributed by atoms with Crippen molar-refractivity contribution in [3.63, 3.8) is 0 Å². The van der Waals surface area contributed by atoms with Crippen LogP contribution in [0.4, 0.5) is 5.69 Å². The fourth-order valence-electron chi connectivity index (χ4n) is 3.85. The third kappa shape index (κ3) is 4.61. The summed E-state index contributed by atoms with van der Waals surface area (Å²) in [6.07, 6.45) is 0. The molecule has 1 aromatic heterocycles. The zero-order valence-electron chi connectivity index (χ0n) is 18.7. The summed E-state index contributed by atoms with van der Waals surface area (Å²) in [4.78, 5) is 8.97. The Morgan fingerprint density at radius 1 is 0.938 bits per heavy atom. The van der Waals surface area contributed by atoms with Gasteiger partial charge in [-0.15, -0.1) is 0 Å². The summed E-state index contributed by atoms with van der Waals surface area (Å²) >= 11 is 0. The van der Waals surface area contributed by atoms with Crippen LogP contribution in [0.3, 0.4) is 0 Å². The number of amidine groups is 1. The first kappa shape index (κ1) is 21.5. The second kappa shape index (κ2) is 9.60. The molecule has 0 unspecified atom stereocenters. The van der Waals surface area contributed by atoms with E-state index < -0.39 is 0 Å². The quantitative estimate of drug-likeness (QED) is 0.278. The van der Waals surface area contributed by atoms with Gasteiger partial charge in [-0.05, 0) is 55.8 Å². The van der Waals surface area contributed by atoms with Crippen molar-refractivity contribution < 1.29 is 14.7 Å². The number of anilines is 1. The van der Waals surface area contributed by atoms with Gasteiger partial charge in [0.25, 0.3) is 0 Å². The molecule has 0 aliphatic carbocycles. The molecule has 1 aliphatic rings. The van der Waals surface area contributed by atoms with Crippen LogP contribution in [0.25, 0.3) is 0 Å². The highest BCUT2D eigenvalue weighted by Gasteiger charge is 2.25. The minimum atomic E-state index is 0.380. The van der Waals surface area contributed by atoms with E-state index in [0.29, 0.717) is 28.8 Å². The Bertz CT molecular complexity index is 1090. The maximum absolute atomic E-state index is 9.94. The van der Waals surface area contributed by atoms with Crippen molar-refractivity contribution in [1.29, 1.82) is 0 Å². The van der Waals surface area contributed by atoms with Crippen LogP contribution in [-0.4, -0.2) is 54.2 Å². The van der Waals surface area contributed by atoms with E-state index in [1.165, 1.54) is 5.69 Å². The molecule has 166 valence electrons. The second-order valence-corrected chi connectivity index (χ2v) is 7.79. The Morgan fingerprint density at radius 3 is 2.38 bits per heavy atom. The van der Waals surface area contributed by atoms with Crippen molar-refractivity contribution >= 4 is 11.5 Å². The second-order valence-electron chi connectivity index (χ2n) is 7.79. The van der Waals surface area contributed by atoms with E-state index >= 15 is 0 Å². The smallest absolute Gasteiger partial charge is 0.230 e. The lowest BCUT2D eigenvalue weighted by atomic mass is 10.1. The lowest BCUT2D eigenvalue weighted by Crippen LogP contribution is -2.49. The lowest BCUT2D eigenvalue weighted by Gasteiger charge is -2.37. The molecule has 0 bridgehead atoms. The Balaban J connectivity index is 1.58. The molecule has 7 heteroatoms. The average Bonchev–Trinajstić information content (AvgIpc) is 2.83. The van der Waals surface area contributed by atoms with Crippen LogP contribution in [0.1, 0.15) is 16.8 Å². The van der Waals surface area contributed by atoms with Crippen LogP contribution in [0.5, 0.6) is 17.4 Å². The van der Waals surface area contributed by atoms with Gasteiger partial charge in [0.2, 0.25) is 5.88 Å². The highest BCUT2D eigenvalue weighted by Crippen LogP contribution is 2.33. The molecule has 1 N–H and O–H groups in total. The van der Waals surface area contributed by atoms with E-state index in [-0.39, 0.29) is 0 Å². The van der Waals surface area contributed by atoms with Crippen LogP contribution < -0.4 is 14.4 Å². The van der Waals surface area contributed by atoms with Gasteiger partial charge in [-0.3, -0.25) is 0 Å². The summed E-state index contributed by atoms with van der Waals surface area (Å²) in [5.41, 5.74) is 3.71. The van der Waals surface area contributed by atoms with Gasteiger partial charge in [0.1, 0.15) is 0 Å². The highest BCUT2D eigenvalue weighted by molar-refractivity contribution is 6.00. The van der Waals surface area contributed by atoms with Crippen LogP contribution in [0, 0.1) is 13.8 Å². The summed E-state index contributed by atoms with van der Waals surface area (Å²) in [5.74, 6) is 2.01. The third-order valence-corrected chi connectivity index (χ3v) is 5.56. The minimum absolute atomic E-state index is 0.380. The van der Waals surface area contributed by atoms with E-state index in [4.69, 9.17) is 9.47 Å². The molecular weight excluding hydrogens is 404 g/mol. The SMILES string of the molecule is COc1cc(C)ccc1Oc1nc(C)ccc1/C(=N/O)N1CCN(c2ccccc2)CC1. The summed E-state index contributed by atoms with van der Waals surface area (Å²) in [5, 5.41) is 13.6. The first-order valence-corrected chi connectivity index (χ1v) is 10.7. The highest BCUT2D eigenvalue weighted by atomic mass is 16.5. The Kier molecular flexibility index (Phi) is 6.44. The first-order chi connectivity index (χ1) is 15.6. The molecule has 3 aromatic rings. The van der Waals surface area contributed by atoms with Crippen molar-refractivity contribution in [2.75, 3.05) is 38.2 Å². The van der Waals surface area contributed by atoms with E-state index in [2.05, 4.69) is 32.1 Å². The maximum atomic E-state index is 9.94.